The Morgan fingerprint density at radius 2 is 1.94 bits per heavy atom. The minimum absolute atomic E-state index is 0.0427. The molecule has 4 nitrogen and oxygen atoms in total. The Labute approximate surface area is 95.7 Å². The smallest absolute Gasteiger partial charge is 0.315 e. The molecule has 0 aliphatic heterocycles. The molecular weight excluding hydrogens is 204 g/mol. The lowest BCUT2D eigenvalue weighted by atomic mass is 10.1. The molecular formula is C12H18N2O2. The fraction of sp³-hybridized carbons (Fsp3) is 0.417. The molecule has 0 radical (unpaired) electrons. The molecule has 1 aromatic rings. The Balaban J connectivity index is 2.44. The SMILES string of the molecule is CCc1ccccc1CNC(=O)NCCO. The molecule has 0 saturated heterocycles. The van der Waals surface area contributed by atoms with E-state index in [1.165, 1.54) is 5.56 Å². The van der Waals surface area contributed by atoms with E-state index >= 15 is 0 Å². The van der Waals surface area contributed by atoms with E-state index in [-0.39, 0.29) is 19.2 Å². The molecule has 0 aliphatic carbocycles. The molecule has 88 valence electrons. The zero-order valence-electron chi connectivity index (χ0n) is 9.49. The maximum atomic E-state index is 11.2. The van der Waals surface area contributed by atoms with Crippen molar-refractivity contribution in [2.75, 3.05) is 13.2 Å². The van der Waals surface area contributed by atoms with Gasteiger partial charge in [-0.25, -0.2) is 4.79 Å². The summed E-state index contributed by atoms with van der Waals surface area (Å²) in [5.74, 6) is 0. The second-order valence-corrected chi connectivity index (χ2v) is 3.46. The maximum Gasteiger partial charge on any atom is 0.315 e. The predicted octanol–water partition coefficient (Wildman–Crippen LogP) is 1.04. The first kappa shape index (κ1) is 12.5. The summed E-state index contributed by atoms with van der Waals surface area (Å²) in [7, 11) is 0. The standard InChI is InChI=1S/C12H18N2O2/c1-2-10-5-3-4-6-11(10)9-14-12(16)13-7-8-15/h3-6,15H,2,7-9H2,1H3,(H2,13,14,16). The zero-order chi connectivity index (χ0) is 11.8. The third kappa shape index (κ3) is 3.90. The number of aryl methyl sites for hydroxylation is 1. The highest BCUT2D eigenvalue weighted by Crippen LogP contribution is 2.08. The number of rotatable bonds is 5. The summed E-state index contributed by atoms with van der Waals surface area (Å²) in [5, 5.41) is 13.8. The van der Waals surface area contributed by atoms with Crippen molar-refractivity contribution >= 4 is 6.03 Å². The van der Waals surface area contributed by atoms with Gasteiger partial charge in [0.15, 0.2) is 0 Å². The number of carbonyl (C=O) groups is 1. The van der Waals surface area contributed by atoms with Gasteiger partial charge in [0, 0.05) is 13.1 Å². The second kappa shape index (κ2) is 6.85. The quantitative estimate of drug-likeness (QED) is 0.697. The normalized spacial score (nSPS) is 9.88. The monoisotopic (exact) mass is 222 g/mol. The molecule has 0 bridgehead atoms. The summed E-state index contributed by atoms with van der Waals surface area (Å²) in [6.07, 6.45) is 0.954. The first-order chi connectivity index (χ1) is 7.77. The molecule has 0 unspecified atom stereocenters. The molecule has 2 amide bonds. The molecule has 0 saturated carbocycles. The maximum absolute atomic E-state index is 11.2. The summed E-state index contributed by atoms with van der Waals surface area (Å²) >= 11 is 0. The summed E-state index contributed by atoms with van der Waals surface area (Å²) in [6.45, 7) is 2.84. The number of urea groups is 1. The van der Waals surface area contributed by atoms with E-state index in [0.29, 0.717) is 6.54 Å². The van der Waals surface area contributed by atoms with E-state index < -0.39 is 0 Å². The molecule has 0 fully saturated rings. The first-order valence-corrected chi connectivity index (χ1v) is 5.47. The van der Waals surface area contributed by atoms with Crippen molar-refractivity contribution in [3.63, 3.8) is 0 Å². The molecule has 3 N–H and O–H groups in total. The van der Waals surface area contributed by atoms with Gasteiger partial charge in [0.25, 0.3) is 0 Å². The van der Waals surface area contributed by atoms with Crippen molar-refractivity contribution < 1.29 is 9.90 Å². The van der Waals surface area contributed by atoms with Crippen molar-refractivity contribution in [3.05, 3.63) is 35.4 Å². The van der Waals surface area contributed by atoms with E-state index in [2.05, 4.69) is 23.6 Å². The van der Waals surface area contributed by atoms with Gasteiger partial charge in [-0.2, -0.15) is 0 Å². The van der Waals surface area contributed by atoms with E-state index in [4.69, 9.17) is 5.11 Å². The van der Waals surface area contributed by atoms with Crippen LogP contribution in [0, 0.1) is 0 Å². The number of hydrogen-bond acceptors (Lipinski definition) is 2. The summed E-state index contributed by atoms with van der Waals surface area (Å²) in [6, 6.07) is 7.77. The highest BCUT2D eigenvalue weighted by atomic mass is 16.3. The number of amides is 2. The average molecular weight is 222 g/mol. The fourth-order valence-electron chi connectivity index (χ4n) is 1.48. The molecule has 0 aromatic heterocycles. The number of aliphatic hydroxyl groups excluding tert-OH is 1. The third-order valence-electron chi connectivity index (χ3n) is 2.34. The van der Waals surface area contributed by atoms with Crippen LogP contribution in [0.5, 0.6) is 0 Å². The van der Waals surface area contributed by atoms with Crippen LogP contribution < -0.4 is 10.6 Å². The molecule has 4 heteroatoms. The van der Waals surface area contributed by atoms with Crippen LogP contribution in [0.15, 0.2) is 24.3 Å². The molecule has 0 atom stereocenters. The number of hydrogen-bond donors (Lipinski definition) is 3. The van der Waals surface area contributed by atoms with E-state index in [9.17, 15) is 4.79 Å². The Kier molecular flexibility index (Phi) is 5.36. The molecule has 16 heavy (non-hydrogen) atoms. The number of nitrogens with one attached hydrogen (secondary N) is 2. The van der Waals surface area contributed by atoms with Gasteiger partial charge >= 0.3 is 6.03 Å². The lowest BCUT2D eigenvalue weighted by Crippen LogP contribution is -2.36. The molecule has 0 spiro atoms. The molecule has 1 rings (SSSR count). The lowest BCUT2D eigenvalue weighted by molar-refractivity contribution is 0.234. The second-order valence-electron chi connectivity index (χ2n) is 3.46. The van der Waals surface area contributed by atoms with Crippen molar-refractivity contribution in [3.8, 4) is 0 Å². The van der Waals surface area contributed by atoms with Crippen LogP contribution in [0.3, 0.4) is 0 Å². The Morgan fingerprint density at radius 1 is 1.25 bits per heavy atom. The van der Waals surface area contributed by atoms with Crippen LogP contribution >= 0.6 is 0 Å². The highest BCUT2D eigenvalue weighted by Gasteiger charge is 2.02. The summed E-state index contributed by atoms with van der Waals surface area (Å²) in [5.41, 5.74) is 2.37. The van der Waals surface area contributed by atoms with Crippen molar-refractivity contribution in [1.29, 1.82) is 0 Å². The van der Waals surface area contributed by atoms with Gasteiger partial charge in [0.1, 0.15) is 0 Å². The van der Waals surface area contributed by atoms with Crippen LogP contribution in [-0.4, -0.2) is 24.3 Å². The number of carbonyl (C=O) groups excluding carboxylic acids is 1. The van der Waals surface area contributed by atoms with Crippen LogP contribution in [0.25, 0.3) is 0 Å². The molecule has 1 aromatic carbocycles. The number of aliphatic hydroxyl groups is 1. The largest absolute Gasteiger partial charge is 0.395 e. The Morgan fingerprint density at radius 3 is 2.56 bits per heavy atom. The van der Waals surface area contributed by atoms with Crippen molar-refractivity contribution in [2.45, 2.75) is 19.9 Å². The van der Waals surface area contributed by atoms with Crippen molar-refractivity contribution in [1.82, 2.24) is 10.6 Å². The topological polar surface area (TPSA) is 61.4 Å². The van der Waals surface area contributed by atoms with Crippen LogP contribution in [0.2, 0.25) is 0 Å². The minimum atomic E-state index is -0.250. The number of benzene rings is 1. The predicted molar refractivity (Wildman–Crippen MR) is 63.1 cm³/mol. The van der Waals surface area contributed by atoms with Crippen LogP contribution in [0.4, 0.5) is 4.79 Å². The molecule has 0 aliphatic rings. The van der Waals surface area contributed by atoms with Gasteiger partial charge in [-0.1, -0.05) is 31.2 Å². The van der Waals surface area contributed by atoms with Gasteiger partial charge in [-0.05, 0) is 17.5 Å². The highest BCUT2D eigenvalue weighted by molar-refractivity contribution is 5.73. The van der Waals surface area contributed by atoms with Gasteiger partial charge < -0.3 is 15.7 Å². The van der Waals surface area contributed by atoms with Gasteiger partial charge in [0.05, 0.1) is 6.61 Å². The Bertz CT molecular complexity index is 340. The Hall–Kier alpha value is -1.55. The van der Waals surface area contributed by atoms with E-state index in [0.717, 1.165) is 12.0 Å². The third-order valence-corrected chi connectivity index (χ3v) is 2.34. The summed E-state index contributed by atoms with van der Waals surface area (Å²) in [4.78, 5) is 11.2. The van der Waals surface area contributed by atoms with E-state index in [1.807, 2.05) is 18.2 Å². The first-order valence-electron chi connectivity index (χ1n) is 5.47. The van der Waals surface area contributed by atoms with Crippen LogP contribution in [-0.2, 0) is 13.0 Å². The van der Waals surface area contributed by atoms with Gasteiger partial charge in [-0.3, -0.25) is 0 Å². The van der Waals surface area contributed by atoms with Crippen LogP contribution in [0.1, 0.15) is 18.1 Å². The zero-order valence-corrected chi connectivity index (χ0v) is 9.49. The molecule has 0 heterocycles. The fourth-order valence-corrected chi connectivity index (χ4v) is 1.48. The summed E-state index contributed by atoms with van der Waals surface area (Å²) < 4.78 is 0. The average Bonchev–Trinajstić information content (AvgIpc) is 2.34. The van der Waals surface area contributed by atoms with Gasteiger partial charge in [0.2, 0.25) is 0 Å². The van der Waals surface area contributed by atoms with Crippen molar-refractivity contribution in [2.24, 2.45) is 0 Å². The lowest BCUT2D eigenvalue weighted by Gasteiger charge is -2.09. The minimum Gasteiger partial charge on any atom is -0.395 e. The van der Waals surface area contributed by atoms with Gasteiger partial charge in [-0.15, -0.1) is 0 Å². The van der Waals surface area contributed by atoms with E-state index in [1.54, 1.807) is 0 Å².